The summed E-state index contributed by atoms with van der Waals surface area (Å²) in [4.78, 5) is 30.1. The van der Waals surface area contributed by atoms with Crippen LogP contribution >= 0.6 is 0 Å². The van der Waals surface area contributed by atoms with Crippen molar-refractivity contribution < 1.29 is 27.5 Å². The highest BCUT2D eigenvalue weighted by atomic mass is 32.2. The van der Waals surface area contributed by atoms with Gasteiger partial charge in [0.2, 0.25) is 22.7 Å². The molecular weight excluding hydrogens is 520 g/mol. The van der Waals surface area contributed by atoms with Crippen molar-refractivity contribution in [2.75, 3.05) is 44.1 Å². The normalized spacial score (nSPS) is 20.7. The highest BCUT2D eigenvalue weighted by Crippen LogP contribution is 2.41. The van der Waals surface area contributed by atoms with Crippen molar-refractivity contribution in [1.29, 1.82) is 0 Å². The molecule has 1 fully saturated rings. The van der Waals surface area contributed by atoms with Gasteiger partial charge in [0.1, 0.15) is 6.29 Å². The molecule has 2 aliphatic heterocycles. The Balaban J connectivity index is 1.60. The molecule has 39 heavy (non-hydrogen) atoms. The molecule has 3 atom stereocenters. The number of benzene rings is 2. The molecule has 0 aromatic heterocycles. The Kier molecular flexibility index (Phi) is 9.60. The molecule has 2 heterocycles. The van der Waals surface area contributed by atoms with E-state index in [9.17, 15) is 18.0 Å². The summed E-state index contributed by atoms with van der Waals surface area (Å²) in [6, 6.07) is 13.0. The van der Waals surface area contributed by atoms with Crippen LogP contribution in [0.3, 0.4) is 0 Å². The van der Waals surface area contributed by atoms with E-state index in [2.05, 4.69) is 11.6 Å². The van der Waals surface area contributed by atoms with Crippen LogP contribution in [0.1, 0.15) is 43.2 Å². The number of sulfonamides is 1. The van der Waals surface area contributed by atoms with Gasteiger partial charge in [0.05, 0.1) is 12.8 Å². The van der Waals surface area contributed by atoms with Crippen LogP contribution in [0.4, 0.5) is 5.69 Å². The molecule has 0 spiro atoms. The number of likely N-dealkylation sites (tertiary alicyclic amines) is 1. The molecule has 11 heteroatoms. The Morgan fingerprint density at radius 2 is 2.00 bits per heavy atom. The minimum absolute atomic E-state index is 0.0744. The molecule has 0 bridgehead atoms. The van der Waals surface area contributed by atoms with E-state index in [4.69, 9.17) is 15.2 Å². The van der Waals surface area contributed by atoms with Crippen LogP contribution in [-0.2, 0) is 26.2 Å². The standard InChI is InChI=1S/C28H38N4O6S/c1-3-4-12-32(22-7-5-6-20(13-22)15-29)28(34)17-31-16-23(21-8-9-26-27(14-21)38-19-37-26)24(18-33)25(31)10-11-30-39(2,35)36/h5-9,13-14,18,23-25,30H,3-4,10-12,15-17,19,29H2,1-2H3/t23-,24-,25+/m1/s1. The van der Waals surface area contributed by atoms with Gasteiger partial charge >= 0.3 is 0 Å². The zero-order chi connectivity index (χ0) is 28.0. The maximum atomic E-state index is 13.8. The minimum atomic E-state index is -3.39. The lowest BCUT2D eigenvalue weighted by atomic mass is 9.85. The van der Waals surface area contributed by atoms with E-state index in [0.29, 0.717) is 37.6 Å². The first-order valence-electron chi connectivity index (χ1n) is 13.4. The molecule has 10 nitrogen and oxygen atoms in total. The predicted molar refractivity (Wildman–Crippen MR) is 149 cm³/mol. The molecule has 0 radical (unpaired) electrons. The smallest absolute Gasteiger partial charge is 0.241 e. The SMILES string of the molecule is CCCCN(C(=O)CN1C[C@H](c2ccc3c(c2)OCO3)[C@@H](C=O)[C@@H]1CCNS(C)(=O)=O)c1cccc(CN)c1. The van der Waals surface area contributed by atoms with Crippen LogP contribution in [0.25, 0.3) is 0 Å². The largest absolute Gasteiger partial charge is 0.454 e. The Labute approximate surface area is 230 Å². The first-order chi connectivity index (χ1) is 18.7. The van der Waals surface area contributed by atoms with Crippen molar-refractivity contribution in [1.82, 2.24) is 9.62 Å². The molecule has 0 unspecified atom stereocenters. The topological polar surface area (TPSA) is 131 Å². The summed E-state index contributed by atoms with van der Waals surface area (Å²) >= 11 is 0. The average Bonchev–Trinajstić information content (AvgIpc) is 3.52. The van der Waals surface area contributed by atoms with Gasteiger partial charge in [-0.1, -0.05) is 31.5 Å². The molecule has 0 aliphatic carbocycles. The van der Waals surface area contributed by atoms with Crippen LogP contribution in [-0.4, -0.2) is 70.8 Å². The summed E-state index contributed by atoms with van der Waals surface area (Å²) < 4.78 is 37.0. The maximum absolute atomic E-state index is 13.8. The number of fused-ring (bicyclic) bond motifs is 1. The molecule has 212 valence electrons. The fourth-order valence-corrected chi connectivity index (χ4v) is 5.94. The number of rotatable bonds is 13. The number of ether oxygens (including phenoxy) is 2. The Morgan fingerprint density at radius 1 is 1.21 bits per heavy atom. The second-order valence-electron chi connectivity index (χ2n) is 10.2. The van der Waals surface area contributed by atoms with Gasteiger partial charge in [0, 0.05) is 49.7 Å². The molecule has 3 N–H and O–H groups in total. The number of nitrogens with zero attached hydrogens (tertiary/aromatic N) is 2. The number of hydrogen-bond acceptors (Lipinski definition) is 8. The lowest BCUT2D eigenvalue weighted by molar-refractivity contribution is -0.120. The number of anilines is 1. The molecule has 4 rings (SSSR count). The van der Waals surface area contributed by atoms with E-state index < -0.39 is 15.9 Å². The van der Waals surface area contributed by atoms with Crippen molar-refractivity contribution in [2.45, 2.75) is 44.7 Å². The molecule has 1 amide bonds. The summed E-state index contributed by atoms with van der Waals surface area (Å²) in [5, 5.41) is 0. The number of carbonyl (C=O) groups is 2. The molecule has 2 aromatic carbocycles. The Bertz CT molecular complexity index is 1270. The number of unbranched alkanes of at least 4 members (excludes halogenated alkanes) is 1. The van der Waals surface area contributed by atoms with Crippen molar-refractivity contribution in [3.8, 4) is 11.5 Å². The first-order valence-corrected chi connectivity index (χ1v) is 15.3. The summed E-state index contributed by atoms with van der Waals surface area (Å²) in [5.74, 6) is 0.607. The summed E-state index contributed by atoms with van der Waals surface area (Å²) in [6.07, 6.45) is 4.21. The zero-order valence-corrected chi connectivity index (χ0v) is 23.4. The van der Waals surface area contributed by atoms with Crippen molar-refractivity contribution in [3.63, 3.8) is 0 Å². The number of amides is 1. The lowest BCUT2D eigenvalue weighted by Gasteiger charge is -2.30. The van der Waals surface area contributed by atoms with Crippen LogP contribution in [0.5, 0.6) is 11.5 Å². The third-order valence-electron chi connectivity index (χ3n) is 7.43. The summed E-state index contributed by atoms with van der Waals surface area (Å²) in [5.41, 5.74) is 8.51. The fraction of sp³-hybridized carbons (Fsp3) is 0.500. The average molecular weight is 559 g/mol. The van der Waals surface area contributed by atoms with Gasteiger partial charge in [-0.25, -0.2) is 13.1 Å². The van der Waals surface area contributed by atoms with Gasteiger partial charge in [0.15, 0.2) is 11.5 Å². The van der Waals surface area contributed by atoms with E-state index in [-0.39, 0.29) is 37.7 Å². The van der Waals surface area contributed by atoms with Crippen LogP contribution < -0.4 is 24.8 Å². The third kappa shape index (κ3) is 7.16. The predicted octanol–water partition coefficient (Wildman–Crippen LogP) is 2.23. The Morgan fingerprint density at radius 3 is 2.72 bits per heavy atom. The lowest BCUT2D eigenvalue weighted by Crippen LogP contribution is -2.45. The first kappa shape index (κ1) is 29.0. The monoisotopic (exact) mass is 558 g/mol. The van der Waals surface area contributed by atoms with E-state index >= 15 is 0 Å². The van der Waals surface area contributed by atoms with Gasteiger partial charge in [-0.05, 0) is 48.2 Å². The van der Waals surface area contributed by atoms with Crippen molar-refractivity contribution >= 4 is 27.9 Å². The van der Waals surface area contributed by atoms with Crippen LogP contribution in [0, 0.1) is 5.92 Å². The highest BCUT2D eigenvalue weighted by molar-refractivity contribution is 7.88. The van der Waals surface area contributed by atoms with Gasteiger partial charge < -0.3 is 24.9 Å². The van der Waals surface area contributed by atoms with E-state index in [1.807, 2.05) is 47.4 Å². The van der Waals surface area contributed by atoms with E-state index in [1.165, 1.54) is 0 Å². The summed E-state index contributed by atoms with van der Waals surface area (Å²) in [7, 11) is -3.39. The second kappa shape index (κ2) is 12.9. The molecular formula is C28H38N4O6S. The number of nitrogens with one attached hydrogen (secondary N) is 1. The third-order valence-corrected chi connectivity index (χ3v) is 8.16. The highest BCUT2D eigenvalue weighted by Gasteiger charge is 2.43. The van der Waals surface area contributed by atoms with Gasteiger partial charge in [-0.3, -0.25) is 9.69 Å². The van der Waals surface area contributed by atoms with Crippen molar-refractivity contribution in [3.05, 3.63) is 53.6 Å². The number of carbonyl (C=O) groups excluding carboxylic acids is 2. The molecule has 1 saturated heterocycles. The molecule has 0 saturated carbocycles. The number of nitrogens with two attached hydrogens (primary N) is 1. The second-order valence-corrected chi connectivity index (χ2v) is 12.0. The van der Waals surface area contributed by atoms with Crippen LogP contribution in [0.15, 0.2) is 42.5 Å². The zero-order valence-electron chi connectivity index (χ0n) is 22.5. The van der Waals surface area contributed by atoms with E-state index in [1.54, 1.807) is 4.90 Å². The summed E-state index contributed by atoms with van der Waals surface area (Å²) in [6.45, 7) is 3.93. The molecule has 2 aliphatic rings. The van der Waals surface area contributed by atoms with Crippen molar-refractivity contribution in [2.24, 2.45) is 11.7 Å². The van der Waals surface area contributed by atoms with Crippen LogP contribution in [0.2, 0.25) is 0 Å². The van der Waals surface area contributed by atoms with Gasteiger partial charge in [-0.15, -0.1) is 0 Å². The Hall–Kier alpha value is -2.99. The maximum Gasteiger partial charge on any atom is 0.241 e. The quantitative estimate of drug-likeness (QED) is 0.358. The fourth-order valence-electron chi connectivity index (χ4n) is 5.45. The van der Waals surface area contributed by atoms with Gasteiger partial charge in [0.25, 0.3) is 0 Å². The minimum Gasteiger partial charge on any atom is -0.454 e. The number of aldehydes is 1. The van der Waals surface area contributed by atoms with Gasteiger partial charge in [-0.2, -0.15) is 0 Å². The number of hydrogen-bond donors (Lipinski definition) is 2. The van der Waals surface area contributed by atoms with E-state index in [0.717, 1.165) is 42.2 Å². The molecule has 2 aromatic rings.